The number of halogens is 2. The molecule has 0 aromatic carbocycles. The lowest BCUT2D eigenvalue weighted by atomic mass is 9.49. The summed E-state index contributed by atoms with van der Waals surface area (Å²) in [5.41, 5.74) is 5.14. The van der Waals surface area contributed by atoms with Gasteiger partial charge in [0, 0.05) is 59.5 Å². The maximum Gasteiger partial charge on any atom is 0.199 e. The van der Waals surface area contributed by atoms with E-state index in [1.807, 2.05) is 76.2 Å². The van der Waals surface area contributed by atoms with E-state index < -0.39 is 22.4 Å². The maximum atomic E-state index is 13.6. The van der Waals surface area contributed by atoms with E-state index in [1.165, 1.54) is 154 Å². The molecule has 0 spiro atoms. The van der Waals surface area contributed by atoms with Crippen LogP contribution in [0.4, 0.5) is 0 Å². The van der Waals surface area contributed by atoms with Crippen molar-refractivity contribution in [3.05, 3.63) is 89.7 Å². The monoisotopic (exact) mass is 1820 g/mol. The number of hydrogen-bond donors (Lipinski definition) is 4. The largest absolute Gasteiger partial charge is 0.390 e. The average Bonchev–Trinajstić information content (AvgIpc) is 1.62. The van der Waals surface area contributed by atoms with Crippen LogP contribution in [0.2, 0.25) is 10.0 Å². The summed E-state index contributed by atoms with van der Waals surface area (Å²) < 4.78 is 7.16. The molecule has 0 amide bonds. The molecule has 16 saturated carbocycles. The molecule has 0 unspecified atom stereocenters. The van der Waals surface area contributed by atoms with Gasteiger partial charge in [0.1, 0.15) is 35.2 Å². The van der Waals surface area contributed by atoms with Crippen molar-refractivity contribution in [1.29, 1.82) is 0 Å². The number of aromatic nitrogens is 13. The fourth-order valence-electron chi connectivity index (χ4n) is 35.7. The molecule has 24 rings (SSSR count). The number of rotatable bonds is 12. The second-order valence-corrected chi connectivity index (χ2v) is 49.7. The average molecular weight is 1830 g/mol. The fraction of sp³-hybridized carbons (Fsp3) is 0.750. The number of hydrogen-bond acceptors (Lipinski definition) is 17. The van der Waals surface area contributed by atoms with Gasteiger partial charge in [0.15, 0.2) is 28.8 Å². The lowest BCUT2D eigenvalue weighted by Gasteiger charge is -2.56. The van der Waals surface area contributed by atoms with Gasteiger partial charge in [-0.15, -0.1) is 0 Å². The van der Waals surface area contributed by atoms with Crippen molar-refractivity contribution >= 4 is 90.5 Å². The first-order valence-corrected chi connectivity index (χ1v) is 52.7. The van der Waals surface area contributed by atoms with Crippen molar-refractivity contribution < 1.29 is 39.6 Å². The van der Waals surface area contributed by atoms with E-state index in [1.54, 1.807) is 51.1 Å². The van der Waals surface area contributed by atoms with E-state index in [2.05, 4.69) is 73.0 Å². The van der Waals surface area contributed by atoms with Crippen LogP contribution in [0, 0.1) is 171 Å². The molecule has 23 heteroatoms. The molecule has 0 radical (unpaired) electrons. The van der Waals surface area contributed by atoms with Gasteiger partial charge < -0.3 is 20.4 Å². The van der Waals surface area contributed by atoms with Gasteiger partial charge in [-0.25, -0.2) is 9.97 Å². The predicted molar refractivity (Wildman–Crippen MR) is 508 cm³/mol. The van der Waals surface area contributed by atoms with Crippen LogP contribution in [-0.4, -0.2) is 130 Å². The summed E-state index contributed by atoms with van der Waals surface area (Å²) in [5, 5.41) is 62.7. The second kappa shape index (κ2) is 34.6. The zero-order valence-corrected chi connectivity index (χ0v) is 81.1. The van der Waals surface area contributed by atoms with E-state index in [0.29, 0.717) is 112 Å². The highest BCUT2D eigenvalue weighted by Gasteiger charge is 2.65. The summed E-state index contributed by atoms with van der Waals surface area (Å²) in [4.78, 5) is 75.9. The molecule has 8 aromatic heterocycles. The third kappa shape index (κ3) is 16.8. The van der Waals surface area contributed by atoms with Crippen molar-refractivity contribution in [3.63, 3.8) is 0 Å². The zero-order chi connectivity index (χ0) is 91.0. The summed E-state index contributed by atoms with van der Waals surface area (Å²) in [6.45, 7) is 21.2. The number of aliphatic hydroxyl groups is 4. The molecule has 32 atom stereocenters. The maximum absolute atomic E-state index is 13.6. The Morgan fingerprint density at radius 3 is 1.11 bits per heavy atom. The van der Waals surface area contributed by atoms with Gasteiger partial charge in [0.2, 0.25) is 0 Å². The molecular formula is C108H147Cl2N13O8. The Morgan fingerprint density at radius 1 is 0.336 bits per heavy atom. The van der Waals surface area contributed by atoms with Gasteiger partial charge in [-0.2, -0.15) is 20.4 Å². The standard InChI is InChI=1S/C28H39N3O2.2C27H36ClN3O2.C26H36N4O2/c1-17-12-19-14-30-31(25(19)15-29-17)16-26(32)24-7-6-23-22-5-4-18-13-27(2,33)10-8-20(18)21(22)9-11-28(23,24)3;1-26(33)9-7-18-16(12-26)3-4-20-19(18)8-10-27(2)21(20)5-6-22(27)25(32)15-31-24-11-17(28)13-29-23(24)14-30-31;1-26(33)9-7-18-16(12-26)3-4-20-19(18)8-10-27(2)21(20)5-6-22(27)25(32)15-31-14-24-23(30-31)11-17(28)13-29-24;1-25(32)9-7-17-16(13-25)3-4-19-18(17)8-10-26(2)20(19)5-6-21(26)23(31)15-30-14-22-24(29-30)28-12-11-27-22/h12,14-15,18,20-24,33H,4-11,13,16H2,1-3H3;2*11,13-14,16,18-22,33H,3-10,12,15H2,1-2H3;11-12,14,16-21,32H,3-10,13,15H2,1-2H3/t18-,20+,21-,22-,23+,24-,27-,28+;2*16-,18+,19-,20-,21+,22-,26-,27+;16-,17+,18-,19-,20+,21-,25-,26+/m1111/s1. The molecule has 16 aliphatic carbocycles. The van der Waals surface area contributed by atoms with Crippen LogP contribution in [0.3, 0.4) is 0 Å². The first-order chi connectivity index (χ1) is 62.6. The van der Waals surface area contributed by atoms with Crippen LogP contribution in [0.1, 0.15) is 292 Å². The van der Waals surface area contributed by atoms with E-state index in [4.69, 9.17) is 23.2 Å². The number of fused-ring (bicyclic) bond motifs is 24. The zero-order valence-electron chi connectivity index (χ0n) is 79.6. The molecular weight excluding hydrogens is 1680 g/mol. The van der Waals surface area contributed by atoms with Crippen molar-refractivity contribution in [2.45, 2.75) is 342 Å². The molecule has 21 nitrogen and oxygen atoms in total. The minimum absolute atomic E-state index is 0.115. The van der Waals surface area contributed by atoms with E-state index in [-0.39, 0.29) is 45.3 Å². The molecule has 16 fully saturated rings. The Morgan fingerprint density at radius 2 is 0.695 bits per heavy atom. The van der Waals surface area contributed by atoms with Gasteiger partial charge in [-0.1, -0.05) is 50.9 Å². The summed E-state index contributed by atoms with van der Waals surface area (Å²) >= 11 is 12.2. The SMILES string of the molecule is C[C@@]1(O)CC[C@H]2[C@H](CC[C@@H]3[C@@H]2CC[C@]2(C)[C@@H](C(=O)Cn4cc5ncc(Cl)cc5n4)CC[C@@H]32)C1.C[C@@]1(O)CC[C@H]2[C@H](CC[C@@H]3[C@@H]2CC[C@]2(C)[C@@H](C(=O)Cn4cc5nccnc5n4)CC[C@@H]32)C1.C[C@@]1(O)CC[C@H]2[C@H](CC[C@@H]3[C@@H]2CC[C@]2(C)[C@@H](C(=O)Cn4ncc5ncc(Cl)cc54)CC[C@@H]32)C1.Cc1cc2cnn(CC(=O)[C@H]3CC[C@H]4[C@@H]5CC[C@@H]6C[C@](C)(O)CC[C@@H]6[C@H]5CC[C@]34C)c2cn1. The van der Waals surface area contributed by atoms with Crippen molar-refractivity contribution in [1.82, 2.24) is 64.0 Å². The number of ketones is 4. The smallest absolute Gasteiger partial charge is 0.199 e. The molecule has 16 aliphatic rings. The Labute approximate surface area is 784 Å². The lowest BCUT2D eigenvalue weighted by Crippen LogP contribution is -2.51. The van der Waals surface area contributed by atoms with Crippen LogP contribution in [0.5, 0.6) is 0 Å². The topological polar surface area (TPSA) is 285 Å². The second-order valence-electron chi connectivity index (χ2n) is 48.8. The van der Waals surface area contributed by atoms with E-state index in [9.17, 15) is 39.6 Å². The molecule has 4 N–H and O–H groups in total. The Balaban J connectivity index is 0.000000105. The van der Waals surface area contributed by atoms with Crippen molar-refractivity contribution in [2.75, 3.05) is 0 Å². The molecule has 131 heavy (non-hydrogen) atoms. The minimum Gasteiger partial charge on any atom is -0.390 e. The first kappa shape index (κ1) is 91.0. The van der Waals surface area contributed by atoms with Gasteiger partial charge >= 0.3 is 0 Å². The highest BCUT2D eigenvalue weighted by Crippen LogP contribution is 2.70. The summed E-state index contributed by atoms with van der Waals surface area (Å²) in [7, 11) is 0. The van der Waals surface area contributed by atoms with Crippen LogP contribution < -0.4 is 0 Å². The Bertz CT molecular complexity index is 5570. The summed E-state index contributed by atoms with van der Waals surface area (Å²) in [6, 6.07) is 5.70. The van der Waals surface area contributed by atoms with Gasteiger partial charge in [-0.3, -0.25) is 52.9 Å². The Hall–Kier alpha value is -6.49. The minimum atomic E-state index is -0.460. The molecule has 8 aromatic rings. The van der Waals surface area contributed by atoms with E-state index >= 15 is 0 Å². The lowest BCUT2D eigenvalue weighted by molar-refractivity contribution is -0.133. The van der Waals surface area contributed by atoms with Gasteiger partial charge in [0.05, 0.1) is 87.6 Å². The third-order valence-corrected chi connectivity index (χ3v) is 41.9. The van der Waals surface area contributed by atoms with Crippen molar-refractivity contribution in [3.8, 4) is 0 Å². The highest BCUT2D eigenvalue weighted by atomic mass is 35.5. The molecule has 0 bridgehead atoms. The number of aryl methyl sites for hydroxylation is 1. The van der Waals surface area contributed by atoms with Crippen molar-refractivity contribution in [2.24, 2.45) is 164 Å². The Kier molecular flexibility index (Phi) is 24.0. The number of nitrogens with zero attached hydrogens (tertiary/aromatic N) is 13. The van der Waals surface area contributed by atoms with Gasteiger partial charge in [-0.05, 0) is 424 Å². The first-order valence-electron chi connectivity index (χ1n) is 52.0. The third-order valence-electron chi connectivity index (χ3n) is 41.4. The molecule has 706 valence electrons. The van der Waals surface area contributed by atoms with Crippen LogP contribution >= 0.6 is 23.2 Å². The summed E-state index contributed by atoms with van der Waals surface area (Å²) in [5.74, 6) is 16.9. The summed E-state index contributed by atoms with van der Waals surface area (Å²) in [6.07, 6.45) is 57.3. The highest BCUT2D eigenvalue weighted by molar-refractivity contribution is 6.31. The fourth-order valence-corrected chi connectivity index (χ4v) is 36.0. The number of Topliss-reactive ketones (excluding diaryl/α,β-unsaturated/α-hetero) is 4. The normalized spacial score (nSPS) is 42.8. The van der Waals surface area contributed by atoms with Crippen LogP contribution in [0.15, 0.2) is 74.0 Å². The molecule has 0 saturated heterocycles. The molecule has 0 aliphatic heterocycles. The number of carbonyl (C=O) groups excluding carboxylic acids is 4. The number of pyridine rings is 3. The van der Waals surface area contributed by atoms with Crippen LogP contribution in [0.25, 0.3) is 44.1 Å². The number of carbonyl (C=O) groups is 4. The predicted octanol–water partition coefficient (Wildman–Crippen LogP) is 21.1. The quantitative estimate of drug-likeness (QED) is 0.0884. The van der Waals surface area contributed by atoms with Crippen LogP contribution in [-0.2, 0) is 45.4 Å². The van der Waals surface area contributed by atoms with E-state index in [0.717, 1.165) is 192 Å². The molecule has 8 heterocycles. The van der Waals surface area contributed by atoms with Gasteiger partial charge in [0.25, 0.3) is 0 Å².